The van der Waals surface area contributed by atoms with Crippen LogP contribution >= 0.6 is 15.9 Å². The van der Waals surface area contributed by atoms with Crippen molar-refractivity contribution in [1.29, 1.82) is 0 Å². The summed E-state index contributed by atoms with van der Waals surface area (Å²) in [6.45, 7) is 1.92. The second-order valence-corrected chi connectivity index (χ2v) is 8.12. The molecule has 0 radical (unpaired) electrons. The fraction of sp³-hybridized carbons (Fsp3) is 0.0833. The van der Waals surface area contributed by atoms with Gasteiger partial charge in [-0.15, -0.1) is 0 Å². The number of nitrogens with zero attached hydrogens (tertiary/aromatic N) is 3. The van der Waals surface area contributed by atoms with Crippen molar-refractivity contribution in [3.05, 3.63) is 92.6 Å². The molecule has 0 saturated carbocycles. The molecule has 3 aromatic carbocycles. The Labute approximate surface area is 203 Å². The highest BCUT2D eigenvalue weighted by Gasteiger charge is 2.19. The van der Waals surface area contributed by atoms with Crippen LogP contribution in [0.4, 0.5) is 11.6 Å². The van der Waals surface area contributed by atoms with E-state index in [0.29, 0.717) is 34.2 Å². The van der Waals surface area contributed by atoms with Crippen molar-refractivity contribution in [2.75, 3.05) is 5.73 Å². The first-order chi connectivity index (χ1) is 16.3. The van der Waals surface area contributed by atoms with E-state index in [9.17, 15) is 15.2 Å². The van der Waals surface area contributed by atoms with Crippen LogP contribution in [0.3, 0.4) is 0 Å². The van der Waals surface area contributed by atoms with Gasteiger partial charge in [-0.25, -0.2) is 9.97 Å². The van der Waals surface area contributed by atoms with Gasteiger partial charge in [-0.3, -0.25) is 10.1 Å². The summed E-state index contributed by atoms with van der Waals surface area (Å²) in [4.78, 5) is 18.8. The fourth-order valence-electron chi connectivity index (χ4n) is 3.21. The van der Waals surface area contributed by atoms with Gasteiger partial charge in [0.15, 0.2) is 5.75 Å². The molecule has 0 aliphatic rings. The van der Waals surface area contributed by atoms with Crippen molar-refractivity contribution in [2.24, 2.45) is 0 Å². The van der Waals surface area contributed by atoms with Gasteiger partial charge in [0.1, 0.15) is 29.5 Å². The third-order valence-electron chi connectivity index (χ3n) is 4.88. The van der Waals surface area contributed by atoms with Crippen LogP contribution in [-0.4, -0.2) is 20.0 Å². The molecule has 0 aliphatic heterocycles. The van der Waals surface area contributed by atoms with E-state index in [0.717, 1.165) is 10.0 Å². The first kappa shape index (κ1) is 23.0. The number of phenols is 1. The fourth-order valence-corrected chi connectivity index (χ4v) is 3.57. The normalized spacial score (nSPS) is 10.6. The van der Waals surface area contributed by atoms with Crippen molar-refractivity contribution in [1.82, 2.24) is 9.97 Å². The molecule has 34 heavy (non-hydrogen) atoms. The summed E-state index contributed by atoms with van der Waals surface area (Å²) in [5.41, 5.74) is 7.86. The number of anilines is 1. The molecule has 0 aliphatic carbocycles. The van der Waals surface area contributed by atoms with Crippen LogP contribution in [0.2, 0.25) is 0 Å². The van der Waals surface area contributed by atoms with Crippen molar-refractivity contribution >= 4 is 27.6 Å². The van der Waals surface area contributed by atoms with E-state index in [-0.39, 0.29) is 24.0 Å². The number of nitrogens with two attached hydrogens (primary N) is 1. The Morgan fingerprint density at radius 3 is 2.50 bits per heavy atom. The van der Waals surface area contributed by atoms with Gasteiger partial charge in [-0.05, 0) is 64.8 Å². The molecule has 0 unspecified atom stereocenters. The lowest BCUT2D eigenvalue weighted by molar-refractivity contribution is -0.384. The van der Waals surface area contributed by atoms with Crippen molar-refractivity contribution in [2.45, 2.75) is 13.5 Å². The molecule has 172 valence electrons. The molecular formula is C24H19BrN4O5. The minimum atomic E-state index is -0.461. The van der Waals surface area contributed by atoms with Crippen LogP contribution in [0, 0.1) is 17.0 Å². The molecule has 4 aromatic rings. The number of halogens is 1. The molecule has 10 heteroatoms. The topological polar surface area (TPSA) is 134 Å². The molecule has 0 spiro atoms. The number of benzene rings is 3. The summed E-state index contributed by atoms with van der Waals surface area (Å²) < 4.78 is 12.6. The van der Waals surface area contributed by atoms with Gasteiger partial charge in [0.25, 0.3) is 5.69 Å². The zero-order valence-corrected chi connectivity index (χ0v) is 19.5. The molecule has 1 aromatic heterocycles. The minimum Gasteiger partial charge on any atom is -0.507 e. The maximum absolute atomic E-state index is 10.8. The SMILES string of the molecule is Cc1nc(N)nc(-c2ccc(OCc3ccc([N+](=O)[O-])cc3)cc2O)c1Oc1ccccc1Br. The third-order valence-corrected chi connectivity index (χ3v) is 5.53. The van der Waals surface area contributed by atoms with Gasteiger partial charge in [0, 0.05) is 23.8 Å². The maximum atomic E-state index is 10.8. The highest BCUT2D eigenvalue weighted by Crippen LogP contribution is 2.41. The summed E-state index contributed by atoms with van der Waals surface area (Å²) >= 11 is 3.46. The first-order valence-electron chi connectivity index (χ1n) is 10.1. The predicted molar refractivity (Wildman–Crippen MR) is 130 cm³/mol. The van der Waals surface area contributed by atoms with E-state index in [1.54, 1.807) is 37.3 Å². The summed E-state index contributed by atoms with van der Waals surface area (Å²) in [6, 6.07) is 18.2. The van der Waals surface area contributed by atoms with Gasteiger partial charge >= 0.3 is 0 Å². The lowest BCUT2D eigenvalue weighted by atomic mass is 10.1. The zero-order chi connectivity index (χ0) is 24.2. The van der Waals surface area contributed by atoms with E-state index >= 15 is 0 Å². The Balaban J connectivity index is 1.60. The van der Waals surface area contributed by atoms with E-state index in [1.807, 2.05) is 18.2 Å². The Kier molecular flexibility index (Phi) is 6.60. The molecule has 3 N–H and O–H groups in total. The number of para-hydroxylation sites is 1. The number of rotatable bonds is 7. The average Bonchev–Trinajstić information content (AvgIpc) is 2.81. The predicted octanol–water partition coefficient (Wildman–Crippen LogP) is 5.78. The van der Waals surface area contributed by atoms with Gasteiger partial charge in [-0.1, -0.05) is 12.1 Å². The summed E-state index contributed by atoms with van der Waals surface area (Å²) in [5.74, 6) is 1.28. The number of phenolic OH excluding ortho intramolecular Hbond substituents is 1. The quantitative estimate of drug-likeness (QED) is 0.230. The smallest absolute Gasteiger partial charge is 0.269 e. The lowest BCUT2D eigenvalue weighted by Gasteiger charge is -2.15. The van der Waals surface area contributed by atoms with Gasteiger partial charge in [0.05, 0.1) is 15.1 Å². The second kappa shape index (κ2) is 9.75. The highest BCUT2D eigenvalue weighted by atomic mass is 79.9. The summed E-state index contributed by atoms with van der Waals surface area (Å²) in [6.07, 6.45) is 0. The molecule has 9 nitrogen and oxygen atoms in total. The van der Waals surface area contributed by atoms with Crippen LogP contribution in [0.1, 0.15) is 11.3 Å². The molecule has 0 saturated heterocycles. The van der Waals surface area contributed by atoms with Crippen LogP contribution in [0.25, 0.3) is 11.3 Å². The number of aromatic hydroxyl groups is 1. The number of nitrogen functional groups attached to an aromatic ring is 1. The highest BCUT2D eigenvalue weighted by molar-refractivity contribution is 9.10. The number of hydrogen-bond donors (Lipinski definition) is 2. The third kappa shape index (κ3) is 5.07. The van der Waals surface area contributed by atoms with E-state index < -0.39 is 4.92 Å². The average molecular weight is 523 g/mol. The van der Waals surface area contributed by atoms with Crippen molar-refractivity contribution in [3.8, 4) is 34.3 Å². The maximum Gasteiger partial charge on any atom is 0.269 e. The molecule has 0 atom stereocenters. The monoisotopic (exact) mass is 522 g/mol. The number of nitro benzene ring substituents is 1. The first-order valence-corrected chi connectivity index (χ1v) is 10.9. The Morgan fingerprint density at radius 2 is 1.82 bits per heavy atom. The Morgan fingerprint density at radius 1 is 1.09 bits per heavy atom. The summed E-state index contributed by atoms with van der Waals surface area (Å²) in [5, 5.41) is 21.5. The molecule has 0 amide bonds. The molecular weight excluding hydrogens is 504 g/mol. The number of aromatic nitrogens is 2. The van der Waals surface area contributed by atoms with Crippen LogP contribution in [0.15, 0.2) is 71.2 Å². The van der Waals surface area contributed by atoms with E-state index in [4.69, 9.17) is 15.2 Å². The molecule has 0 bridgehead atoms. The number of aryl methyl sites for hydroxylation is 1. The van der Waals surface area contributed by atoms with E-state index in [1.165, 1.54) is 18.2 Å². The Bertz CT molecular complexity index is 1360. The standard InChI is InChI=1S/C24H19BrN4O5/c1-14-23(34-21-5-3-2-4-19(21)25)22(28-24(26)27-14)18-11-10-17(12-20(18)30)33-13-15-6-8-16(9-7-15)29(31)32/h2-12,30H,13H2,1H3,(H2,26,27,28). The van der Waals surface area contributed by atoms with E-state index in [2.05, 4.69) is 25.9 Å². The number of hydrogen-bond acceptors (Lipinski definition) is 8. The summed E-state index contributed by atoms with van der Waals surface area (Å²) in [7, 11) is 0. The van der Waals surface area contributed by atoms with Gasteiger partial charge in [-0.2, -0.15) is 0 Å². The lowest BCUT2D eigenvalue weighted by Crippen LogP contribution is -2.03. The Hall–Kier alpha value is -4.18. The molecule has 1 heterocycles. The number of ether oxygens (including phenoxy) is 2. The second-order valence-electron chi connectivity index (χ2n) is 7.27. The largest absolute Gasteiger partial charge is 0.507 e. The number of non-ortho nitro benzene ring substituents is 1. The van der Waals surface area contributed by atoms with Crippen molar-refractivity contribution in [3.63, 3.8) is 0 Å². The zero-order valence-electron chi connectivity index (χ0n) is 17.9. The van der Waals surface area contributed by atoms with Crippen molar-refractivity contribution < 1.29 is 19.5 Å². The van der Waals surface area contributed by atoms with Crippen LogP contribution in [-0.2, 0) is 6.61 Å². The molecule has 4 rings (SSSR count). The van der Waals surface area contributed by atoms with Gasteiger partial charge in [0.2, 0.25) is 5.95 Å². The minimum absolute atomic E-state index is 0.00530. The van der Waals surface area contributed by atoms with Gasteiger partial charge < -0.3 is 20.3 Å². The number of nitro groups is 1. The van der Waals surface area contributed by atoms with Crippen LogP contribution in [0.5, 0.6) is 23.0 Å². The molecule has 0 fully saturated rings. The van der Waals surface area contributed by atoms with Crippen LogP contribution < -0.4 is 15.2 Å².